The maximum Gasteiger partial charge on any atom is 0.227 e. The van der Waals surface area contributed by atoms with E-state index < -0.39 is 6.10 Å². The number of furan rings is 1. The Morgan fingerprint density at radius 3 is 2.53 bits per heavy atom. The largest absolute Gasteiger partial charge is 0.468 e. The Morgan fingerprint density at radius 1 is 1.06 bits per heavy atom. The molecule has 2 aromatic carbocycles. The number of aliphatic hydroxyl groups excluding tert-OH is 1. The van der Waals surface area contributed by atoms with Gasteiger partial charge in [0.2, 0.25) is 5.88 Å². The van der Waals surface area contributed by atoms with Gasteiger partial charge in [0.05, 0.1) is 42.5 Å². The van der Waals surface area contributed by atoms with Gasteiger partial charge in [-0.1, -0.05) is 41.8 Å². The van der Waals surface area contributed by atoms with Crippen LogP contribution < -0.4 is 4.74 Å². The molecule has 0 bridgehead atoms. The lowest BCUT2D eigenvalue weighted by atomic mass is 10.2. The zero-order valence-electron chi connectivity index (χ0n) is 20.6. The summed E-state index contributed by atoms with van der Waals surface area (Å²) in [6, 6.07) is 21.6. The van der Waals surface area contributed by atoms with Crippen molar-refractivity contribution >= 4 is 0 Å². The highest BCUT2D eigenvalue weighted by Crippen LogP contribution is 2.32. The first-order chi connectivity index (χ1) is 17.5. The minimum absolute atomic E-state index is 0.147. The monoisotopic (exact) mass is 485 g/mol. The molecule has 0 radical (unpaired) electrons. The van der Waals surface area contributed by atoms with Crippen molar-refractivity contribution in [3.63, 3.8) is 0 Å². The fourth-order valence-electron chi connectivity index (χ4n) is 3.92. The first kappa shape index (κ1) is 25.3. The zero-order chi connectivity index (χ0) is 25.3. The average molecular weight is 486 g/mol. The van der Waals surface area contributed by atoms with Crippen LogP contribution in [0.5, 0.6) is 11.6 Å². The van der Waals surface area contributed by atoms with Crippen LogP contribution in [0.15, 0.2) is 77.4 Å². The molecule has 0 aliphatic carbocycles. The normalized spacial score (nSPS) is 12.0. The van der Waals surface area contributed by atoms with E-state index in [9.17, 15) is 5.11 Å². The Hall–Kier alpha value is -3.83. The lowest BCUT2D eigenvalue weighted by Gasteiger charge is -2.24. The van der Waals surface area contributed by atoms with Crippen molar-refractivity contribution in [3.05, 3.63) is 95.6 Å². The molecule has 7 nitrogen and oxygen atoms in total. The first-order valence-corrected chi connectivity index (χ1v) is 11.9. The van der Waals surface area contributed by atoms with E-state index in [1.165, 1.54) is 0 Å². The Labute approximate surface area is 211 Å². The number of rotatable bonds is 12. The molecular weight excluding hydrogens is 454 g/mol. The van der Waals surface area contributed by atoms with Gasteiger partial charge in [0.1, 0.15) is 18.1 Å². The molecule has 0 spiro atoms. The predicted octanol–water partition coefficient (Wildman–Crippen LogP) is 4.89. The first-order valence-electron chi connectivity index (χ1n) is 11.9. The number of aryl methyl sites for hydroxylation is 2. The molecule has 4 rings (SSSR count). The highest BCUT2D eigenvalue weighted by Gasteiger charge is 2.23. The molecule has 0 amide bonds. The van der Waals surface area contributed by atoms with E-state index in [4.69, 9.17) is 25.4 Å². The molecule has 0 aliphatic heterocycles. The molecule has 186 valence electrons. The predicted molar refractivity (Wildman–Crippen MR) is 138 cm³/mol. The smallest absolute Gasteiger partial charge is 0.227 e. The van der Waals surface area contributed by atoms with Crippen LogP contribution in [0.3, 0.4) is 0 Å². The van der Waals surface area contributed by atoms with Gasteiger partial charge in [-0.3, -0.25) is 4.90 Å². The van der Waals surface area contributed by atoms with Crippen LogP contribution in [0.2, 0.25) is 0 Å². The lowest BCUT2D eigenvalue weighted by molar-refractivity contribution is 0.0228. The summed E-state index contributed by atoms with van der Waals surface area (Å²) in [5, 5.41) is 15.4. The fraction of sp³-hybridized carbons (Fsp3) is 0.276. The molecule has 2 aromatic heterocycles. The van der Waals surface area contributed by atoms with Crippen molar-refractivity contribution in [2.45, 2.75) is 33.0 Å². The minimum Gasteiger partial charge on any atom is -0.468 e. The van der Waals surface area contributed by atoms with E-state index in [-0.39, 0.29) is 13.2 Å². The second kappa shape index (κ2) is 12.2. The second-order valence-electron chi connectivity index (χ2n) is 8.65. The van der Waals surface area contributed by atoms with Gasteiger partial charge in [0.25, 0.3) is 0 Å². The topological polar surface area (TPSA) is 72.9 Å². The summed E-state index contributed by atoms with van der Waals surface area (Å²) in [4.78, 5) is 2.09. The Balaban J connectivity index is 1.66. The fourth-order valence-corrected chi connectivity index (χ4v) is 3.92. The summed E-state index contributed by atoms with van der Waals surface area (Å²) in [7, 11) is 0. The molecule has 7 heteroatoms. The van der Waals surface area contributed by atoms with E-state index in [2.05, 4.69) is 10.8 Å². The summed E-state index contributed by atoms with van der Waals surface area (Å²) in [6.45, 7) is 5.64. The van der Waals surface area contributed by atoms with Gasteiger partial charge >= 0.3 is 0 Å². The van der Waals surface area contributed by atoms with E-state index >= 15 is 0 Å². The molecule has 0 saturated heterocycles. The van der Waals surface area contributed by atoms with Crippen LogP contribution >= 0.6 is 0 Å². The van der Waals surface area contributed by atoms with Crippen LogP contribution in [0.1, 0.15) is 22.6 Å². The molecule has 0 unspecified atom stereocenters. The van der Waals surface area contributed by atoms with Crippen LogP contribution in [0.25, 0.3) is 5.69 Å². The third-order valence-electron chi connectivity index (χ3n) is 5.68. The summed E-state index contributed by atoms with van der Waals surface area (Å²) < 4.78 is 19.2. The van der Waals surface area contributed by atoms with E-state index in [1.807, 2.05) is 85.3 Å². The average Bonchev–Trinajstić information content (AvgIpc) is 3.49. The minimum atomic E-state index is -0.723. The molecule has 0 aliphatic rings. The van der Waals surface area contributed by atoms with Crippen LogP contribution in [-0.2, 0) is 17.8 Å². The van der Waals surface area contributed by atoms with Crippen molar-refractivity contribution in [2.75, 3.05) is 19.8 Å². The number of terminal acetylenes is 1. The van der Waals surface area contributed by atoms with E-state index in [0.717, 1.165) is 34.0 Å². The van der Waals surface area contributed by atoms with E-state index in [0.29, 0.717) is 25.5 Å². The summed E-state index contributed by atoms with van der Waals surface area (Å²) >= 11 is 0. The van der Waals surface area contributed by atoms with Crippen LogP contribution in [0.4, 0.5) is 0 Å². The SMILES string of the molecule is C#CCOC[C@@H](O)CN(Cc1ccco1)Cc1c(C)nn(-c2ccccc2)c1Oc1ccc(C)cc1. The molecule has 1 N–H and O–H groups in total. The van der Waals surface area contributed by atoms with Crippen LogP contribution in [0, 0.1) is 26.2 Å². The van der Waals surface area contributed by atoms with Gasteiger partial charge in [-0.2, -0.15) is 5.10 Å². The molecule has 0 fully saturated rings. The highest BCUT2D eigenvalue weighted by atomic mass is 16.5. The maximum absolute atomic E-state index is 10.6. The molecule has 36 heavy (non-hydrogen) atoms. The van der Waals surface area contributed by atoms with Gasteiger partial charge in [-0.05, 0) is 50.2 Å². The zero-order valence-corrected chi connectivity index (χ0v) is 20.6. The second-order valence-corrected chi connectivity index (χ2v) is 8.65. The van der Waals surface area contributed by atoms with Gasteiger partial charge in [0, 0.05) is 13.1 Å². The van der Waals surface area contributed by atoms with Gasteiger partial charge < -0.3 is 19.0 Å². The Bertz CT molecular complexity index is 1260. The van der Waals surface area contributed by atoms with E-state index in [1.54, 1.807) is 6.26 Å². The molecule has 4 aromatic rings. The third kappa shape index (κ3) is 6.64. The highest BCUT2D eigenvalue weighted by molar-refractivity contribution is 5.43. The number of ether oxygens (including phenoxy) is 2. The Kier molecular flexibility index (Phi) is 8.58. The molecule has 1 atom stereocenters. The number of aliphatic hydroxyl groups is 1. The quantitative estimate of drug-likeness (QED) is 0.228. The van der Waals surface area contributed by atoms with Crippen molar-refractivity contribution in [1.82, 2.24) is 14.7 Å². The van der Waals surface area contributed by atoms with Crippen LogP contribution in [-0.4, -0.2) is 45.6 Å². The number of aromatic nitrogens is 2. The molecular formula is C29H31N3O4. The molecule has 0 saturated carbocycles. The van der Waals surface area contributed by atoms with Gasteiger partial charge in [-0.15, -0.1) is 6.42 Å². The standard InChI is InChI=1S/C29H31N3O4/c1-4-16-34-21-25(33)18-31(19-27-11-8-17-35-27)20-28-23(3)30-32(24-9-6-5-7-10-24)29(28)36-26-14-12-22(2)13-15-26/h1,5-15,17,25,33H,16,18-21H2,2-3H3/t25-/m0/s1. The van der Waals surface area contributed by atoms with Crippen molar-refractivity contribution in [3.8, 4) is 29.7 Å². The van der Waals surface area contributed by atoms with Crippen molar-refractivity contribution < 1.29 is 19.0 Å². The van der Waals surface area contributed by atoms with Gasteiger partial charge in [0.15, 0.2) is 0 Å². The van der Waals surface area contributed by atoms with Gasteiger partial charge in [-0.25, -0.2) is 4.68 Å². The maximum atomic E-state index is 10.6. The third-order valence-corrected chi connectivity index (χ3v) is 5.68. The number of benzene rings is 2. The number of hydrogen-bond donors (Lipinski definition) is 1. The number of nitrogens with zero attached hydrogens (tertiary/aromatic N) is 3. The summed E-state index contributed by atoms with van der Waals surface area (Å²) in [5.41, 5.74) is 3.81. The number of para-hydroxylation sites is 1. The Morgan fingerprint density at radius 2 is 1.83 bits per heavy atom. The van der Waals surface area contributed by atoms with Crippen molar-refractivity contribution in [1.29, 1.82) is 0 Å². The summed E-state index contributed by atoms with van der Waals surface area (Å²) in [6.07, 6.45) is 6.18. The van der Waals surface area contributed by atoms with Crippen molar-refractivity contribution in [2.24, 2.45) is 0 Å². The number of hydrogen-bond acceptors (Lipinski definition) is 6. The lowest BCUT2D eigenvalue weighted by Crippen LogP contribution is -2.34. The molecule has 2 heterocycles. The summed E-state index contributed by atoms with van der Waals surface area (Å²) in [5.74, 6) is 4.57.